The first kappa shape index (κ1) is 14.1. The van der Waals surface area contributed by atoms with E-state index in [2.05, 4.69) is 9.97 Å². The van der Waals surface area contributed by atoms with Gasteiger partial charge < -0.3 is 10.8 Å². The van der Waals surface area contributed by atoms with Crippen molar-refractivity contribution in [2.75, 3.05) is 17.2 Å². The number of aliphatic hydroxyl groups excluding tert-OH is 1. The second-order valence-corrected chi connectivity index (χ2v) is 6.37. The van der Waals surface area contributed by atoms with Gasteiger partial charge in [-0.3, -0.25) is 9.69 Å². The van der Waals surface area contributed by atoms with Gasteiger partial charge in [-0.15, -0.1) is 0 Å². The first-order chi connectivity index (χ1) is 8.89. The minimum absolute atomic E-state index is 0.0504. The van der Waals surface area contributed by atoms with E-state index in [4.69, 9.17) is 10.8 Å². The lowest BCUT2D eigenvalue weighted by atomic mass is 9.97. The van der Waals surface area contributed by atoms with Crippen LogP contribution in [-0.4, -0.2) is 37.7 Å². The van der Waals surface area contributed by atoms with Gasteiger partial charge in [0.2, 0.25) is 0 Å². The number of aliphatic hydroxyl groups is 1. The van der Waals surface area contributed by atoms with Crippen LogP contribution >= 0.6 is 11.8 Å². The first-order valence-corrected chi connectivity index (χ1v) is 6.93. The average molecular weight is 282 g/mol. The molecule has 0 saturated carbocycles. The molecule has 104 valence electrons. The molecule has 1 fully saturated rings. The highest BCUT2D eigenvalue weighted by atomic mass is 32.2. The van der Waals surface area contributed by atoms with E-state index in [1.807, 2.05) is 13.8 Å². The van der Waals surface area contributed by atoms with E-state index in [-0.39, 0.29) is 22.6 Å². The summed E-state index contributed by atoms with van der Waals surface area (Å²) in [6.07, 6.45) is 2.13. The molecule has 2 rings (SSSR count). The van der Waals surface area contributed by atoms with Crippen molar-refractivity contribution in [3.63, 3.8) is 0 Å². The maximum Gasteiger partial charge on any atom is 0.287 e. The van der Waals surface area contributed by atoms with Gasteiger partial charge in [0.25, 0.3) is 5.24 Å². The third kappa shape index (κ3) is 2.40. The van der Waals surface area contributed by atoms with Gasteiger partial charge in [-0.25, -0.2) is 9.97 Å². The zero-order chi connectivity index (χ0) is 14.2. The maximum atomic E-state index is 12.2. The van der Waals surface area contributed by atoms with Crippen LogP contribution in [0.5, 0.6) is 0 Å². The number of aromatic nitrogens is 2. The number of nitrogens with zero attached hydrogens (tertiary/aromatic N) is 3. The van der Waals surface area contributed by atoms with E-state index in [9.17, 15) is 4.79 Å². The van der Waals surface area contributed by atoms with Crippen LogP contribution in [0.4, 0.5) is 16.3 Å². The predicted molar refractivity (Wildman–Crippen MR) is 76.2 cm³/mol. The van der Waals surface area contributed by atoms with Crippen LogP contribution in [0.3, 0.4) is 0 Å². The molecule has 6 nitrogen and oxygen atoms in total. The maximum absolute atomic E-state index is 12.2. The molecule has 0 radical (unpaired) electrons. The van der Waals surface area contributed by atoms with Crippen molar-refractivity contribution in [2.45, 2.75) is 38.0 Å². The third-order valence-corrected chi connectivity index (χ3v) is 4.96. The number of nitrogens with two attached hydrogens (primary N) is 1. The fourth-order valence-corrected chi connectivity index (χ4v) is 3.44. The Kier molecular flexibility index (Phi) is 3.69. The molecular weight excluding hydrogens is 264 g/mol. The molecule has 0 spiro atoms. The van der Waals surface area contributed by atoms with Gasteiger partial charge in [0.05, 0.1) is 12.2 Å². The fourth-order valence-electron chi connectivity index (χ4n) is 2.22. The quantitative estimate of drug-likeness (QED) is 0.874. The summed E-state index contributed by atoms with van der Waals surface area (Å²) in [5.74, 6) is 0.882. The molecule has 19 heavy (non-hydrogen) atoms. The lowest BCUT2D eigenvalue weighted by molar-refractivity contribution is 0.259. The van der Waals surface area contributed by atoms with Crippen LogP contribution in [-0.2, 0) is 0 Å². The van der Waals surface area contributed by atoms with E-state index in [0.29, 0.717) is 23.8 Å². The Balaban J connectivity index is 2.37. The van der Waals surface area contributed by atoms with Crippen LogP contribution in [0, 0.1) is 6.92 Å². The van der Waals surface area contributed by atoms with Crippen LogP contribution in [0.2, 0.25) is 0 Å². The summed E-state index contributed by atoms with van der Waals surface area (Å²) in [4.78, 5) is 22.0. The molecule has 2 heterocycles. The van der Waals surface area contributed by atoms with Crippen LogP contribution in [0.1, 0.15) is 26.1 Å². The highest BCUT2D eigenvalue weighted by Gasteiger charge is 2.48. The Morgan fingerprint density at radius 2 is 2.32 bits per heavy atom. The van der Waals surface area contributed by atoms with Crippen molar-refractivity contribution >= 4 is 28.5 Å². The fraction of sp³-hybridized carbons (Fsp3) is 0.583. The minimum atomic E-state index is -0.330. The minimum Gasteiger partial charge on any atom is -0.396 e. The number of rotatable bonds is 3. The number of carbonyl (C=O) groups excluding carboxylic acids is 1. The summed E-state index contributed by atoms with van der Waals surface area (Å²) < 4.78 is -0.330. The Morgan fingerprint density at radius 1 is 1.63 bits per heavy atom. The molecule has 1 amide bonds. The van der Waals surface area contributed by atoms with Crippen LogP contribution < -0.4 is 10.6 Å². The molecule has 0 unspecified atom stereocenters. The summed E-state index contributed by atoms with van der Waals surface area (Å²) in [5.41, 5.74) is 6.42. The molecule has 0 aliphatic carbocycles. The normalized spacial score (nSPS) is 27.1. The summed E-state index contributed by atoms with van der Waals surface area (Å²) in [6.45, 7) is 5.73. The molecule has 1 aromatic rings. The van der Waals surface area contributed by atoms with E-state index in [1.165, 1.54) is 11.8 Å². The molecule has 1 aliphatic heterocycles. The van der Waals surface area contributed by atoms with E-state index < -0.39 is 0 Å². The van der Waals surface area contributed by atoms with Crippen molar-refractivity contribution in [2.24, 2.45) is 0 Å². The summed E-state index contributed by atoms with van der Waals surface area (Å²) in [5, 5.41) is 9.07. The summed E-state index contributed by atoms with van der Waals surface area (Å²) in [7, 11) is 0. The second kappa shape index (κ2) is 4.97. The average Bonchev–Trinajstić information content (AvgIpc) is 2.52. The Morgan fingerprint density at radius 3 is 2.89 bits per heavy atom. The standard InChI is InChI=1S/C12H18N4O2S/c1-7-12(3,4-5-17)19-11(18)16(7)9-6-14-8(2)15-10(9)13/h6-7,17H,4-5H2,1-3H3,(H2,13,14,15)/t7-,12-/m1/s1. The summed E-state index contributed by atoms with van der Waals surface area (Å²) >= 11 is 1.23. The zero-order valence-corrected chi connectivity index (χ0v) is 12.1. The van der Waals surface area contributed by atoms with Gasteiger partial charge in [-0.05, 0) is 27.2 Å². The van der Waals surface area contributed by atoms with Crippen molar-refractivity contribution in [3.8, 4) is 0 Å². The Hall–Kier alpha value is -1.34. The second-order valence-electron chi connectivity index (χ2n) is 4.89. The van der Waals surface area contributed by atoms with Crippen LogP contribution in [0.15, 0.2) is 6.20 Å². The van der Waals surface area contributed by atoms with Crippen molar-refractivity contribution in [1.82, 2.24) is 9.97 Å². The van der Waals surface area contributed by atoms with Gasteiger partial charge in [-0.1, -0.05) is 11.8 Å². The van der Waals surface area contributed by atoms with Gasteiger partial charge in [0.15, 0.2) is 5.82 Å². The molecule has 1 aliphatic rings. The SMILES string of the molecule is Cc1ncc(N2C(=O)S[C@](C)(CCO)[C@H]2C)c(N)n1. The Bertz CT molecular complexity index is 511. The van der Waals surface area contributed by atoms with Crippen LogP contribution in [0.25, 0.3) is 0 Å². The monoisotopic (exact) mass is 282 g/mol. The molecule has 7 heteroatoms. The topological polar surface area (TPSA) is 92.3 Å². The zero-order valence-electron chi connectivity index (χ0n) is 11.3. The number of hydrogen-bond donors (Lipinski definition) is 2. The lowest BCUT2D eigenvalue weighted by Crippen LogP contribution is -2.41. The molecule has 1 saturated heterocycles. The molecule has 0 bridgehead atoms. The van der Waals surface area contributed by atoms with Gasteiger partial charge in [-0.2, -0.15) is 0 Å². The number of nitrogen functional groups attached to an aromatic ring is 1. The number of anilines is 2. The molecule has 1 aromatic heterocycles. The number of hydrogen-bond acceptors (Lipinski definition) is 6. The van der Waals surface area contributed by atoms with Gasteiger partial charge in [0, 0.05) is 11.4 Å². The lowest BCUT2D eigenvalue weighted by Gasteiger charge is -2.30. The molecule has 2 atom stereocenters. The van der Waals surface area contributed by atoms with Crippen molar-refractivity contribution in [1.29, 1.82) is 0 Å². The number of thioether (sulfide) groups is 1. The highest BCUT2D eigenvalue weighted by molar-refractivity contribution is 8.15. The smallest absolute Gasteiger partial charge is 0.287 e. The van der Waals surface area contributed by atoms with Gasteiger partial charge >= 0.3 is 0 Å². The van der Waals surface area contributed by atoms with Gasteiger partial charge in [0.1, 0.15) is 11.5 Å². The molecule has 3 N–H and O–H groups in total. The van der Waals surface area contributed by atoms with Crippen molar-refractivity contribution in [3.05, 3.63) is 12.0 Å². The largest absolute Gasteiger partial charge is 0.396 e. The highest BCUT2D eigenvalue weighted by Crippen LogP contribution is 2.46. The van der Waals surface area contributed by atoms with E-state index in [0.717, 1.165) is 0 Å². The number of amides is 1. The summed E-state index contributed by atoms with van der Waals surface area (Å²) in [6, 6.07) is -0.0780. The molecular formula is C12H18N4O2S. The third-order valence-electron chi connectivity index (χ3n) is 3.57. The van der Waals surface area contributed by atoms with E-state index in [1.54, 1.807) is 18.0 Å². The predicted octanol–water partition coefficient (Wildman–Crippen LogP) is 1.57. The number of carbonyl (C=O) groups is 1. The first-order valence-electron chi connectivity index (χ1n) is 6.11. The van der Waals surface area contributed by atoms with E-state index >= 15 is 0 Å². The van der Waals surface area contributed by atoms with Crippen molar-refractivity contribution < 1.29 is 9.90 Å². The molecule has 0 aromatic carbocycles. The number of aryl methyl sites for hydroxylation is 1. The Labute approximate surface area is 116 Å².